The van der Waals surface area contributed by atoms with Gasteiger partial charge in [0.05, 0.1) is 31.4 Å². The van der Waals surface area contributed by atoms with Gasteiger partial charge in [0.15, 0.2) is 0 Å². The van der Waals surface area contributed by atoms with E-state index in [1.54, 1.807) is 11.2 Å². The molecule has 6 nitrogen and oxygen atoms in total. The van der Waals surface area contributed by atoms with Gasteiger partial charge in [0.1, 0.15) is 6.04 Å². The molecule has 0 fully saturated rings. The first-order valence-electron chi connectivity index (χ1n) is 7.01. The number of carbonyl (C=O) groups excluding carboxylic acids is 2. The maximum atomic E-state index is 12.6. The van der Waals surface area contributed by atoms with Gasteiger partial charge in [-0.3, -0.25) is 4.79 Å². The van der Waals surface area contributed by atoms with E-state index in [0.717, 1.165) is 24.2 Å². The molecule has 1 aliphatic rings. The van der Waals surface area contributed by atoms with Gasteiger partial charge in [-0.25, -0.2) is 9.78 Å². The fraction of sp³-hybridized carbons (Fsp3) is 0.643. The number of aromatic nitrogens is 2. The van der Waals surface area contributed by atoms with Crippen molar-refractivity contribution < 1.29 is 14.3 Å². The van der Waals surface area contributed by atoms with Crippen LogP contribution in [-0.4, -0.2) is 39.9 Å². The number of ether oxygens (including phenoxy) is 1. The average Bonchev–Trinajstić information content (AvgIpc) is 2.93. The van der Waals surface area contributed by atoms with Crippen molar-refractivity contribution in [2.24, 2.45) is 5.92 Å². The third-order valence-corrected chi connectivity index (χ3v) is 3.99. The number of methoxy groups -OCH3 is 1. The second kappa shape index (κ2) is 6.07. The van der Waals surface area contributed by atoms with E-state index in [0.29, 0.717) is 13.0 Å². The number of hydrogen-bond donors (Lipinski definition) is 1. The monoisotopic (exact) mass is 279 g/mol. The molecule has 0 saturated carbocycles. The van der Waals surface area contributed by atoms with Crippen molar-refractivity contribution in [3.05, 3.63) is 17.7 Å². The van der Waals surface area contributed by atoms with Crippen molar-refractivity contribution in [2.45, 2.75) is 45.7 Å². The van der Waals surface area contributed by atoms with E-state index >= 15 is 0 Å². The minimum absolute atomic E-state index is 0.0191. The van der Waals surface area contributed by atoms with Crippen LogP contribution < -0.4 is 0 Å². The van der Waals surface area contributed by atoms with Crippen LogP contribution in [0, 0.1) is 5.92 Å². The smallest absolute Gasteiger partial charge is 0.329 e. The van der Waals surface area contributed by atoms with Crippen molar-refractivity contribution in [1.29, 1.82) is 0 Å². The van der Waals surface area contributed by atoms with E-state index in [2.05, 4.69) is 9.97 Å². The molecule has 20 heavy (non-hydrogen) atoms. The summed E-state index contributed by atoms with van der Waals surface area (Å²) in [5.41, 5.74) is 1.75. The van der Waals surface area contributed by atoms with Crippen LogP contribution in [-0.2, 0) is 27.3 Å². The summed E-state index contributed by atoms with van der Waals surface area (Å²) < 4.78 is 4.84. The van der Waals surface area contributed by atoms with E-state index < -0.39 is 6.04 Å². The van der Waals surface area contributed by atoms with Crippen LogP contribution in [0.1, 0.15) is 38.1 Å². The molecule has 0 bridgehead atoms. The standard InChI is InChI=1S/C14H21N3O3/c1-4-9(5-2)13(18)17-7-11-10(15-8-16-11)6-12(17)14(19)20-3/h8-9,12H,4-7H2,1-3H3,(H,15,16). The van der Waals surface area contributed by atoms with Gasteiger partial charge in [0.25, 0.3) is 0 Å². The van der Waals surface area contributed by atoms with Crippen molar-refractivity contribution in [3.8, 4) is 0 Å². The lowest BCUT2D eigenvalue weighted by molar-refractivity contribution is -0.155. The zero-order chi connectivity index (χ0) is 14.7. The maximum Gasteiger partial charge on any atom is 0.329 e. The van der Waals surface area contributed by atoms with Crippen molar-refractivity contribution in [1.82, 2.24) is 14.9 Å². The number of fused-ring (bicyclic) bond motifs is 1. The molecule has 2 rings (SSSR count). The Morgan fingerprint density at radius 1 is 1.50 bits per heavy atom. The van der Waals surface area contributed by atoms with Gasteiger partial charge in [-0.2, -0.15) is 0 Å². The predicted octanol–water partition coefficient (Wildman–Crippen LogP) is 1.27. The van der Waals surface area contributed by atoms with E-state index in [1.807, 2.05) is 13.8 Å². The van der Waals surface area contributed by atoms with Crippen LogP contribution in [0.4, 0.5) is 0 Å². The third-order valence-electron chi connectivity index (χ3n) is 3.99. The Hall–Kier alpha value is -1.85. The molecule has 0 radical (unpaired) electrons. The fourth-order valence-corrected chi connectivity index (χ4v) is 2.69. The highest BCUT2D eigenvalue weighted by molar-refractivity contribution is 5.86. The fourth-order valence-electron chi connectivity index (χ4n) is 2.69. The van der Waals surface area contributed by atoms with E-state index in [9.17, 15) is 9.59 Å². The molecule has 1 atom stereocenters. The predicted molar refractivity (Wildman–Crippen MR) is 72.7 cm³/mol. The molecule has 0 aromatic carbocycles. The van der Waals surface area contributed by atoms with Crippen LogP contribution >= 0.6 is 0 Å². The molecule has 6 heteroatoms. The summed E-state index contributed by atoms with van der Waals surface area (Å²) >= 11 is 0. The van der Waals surface area contributed by atoms with Crippen molar-refractivity contribution in [2.75, 3.05) is 7.11 Å². The topological polar surface area (TPSA) is 75.3 Å². The van der Waals surface area contributed by atoms with E-state index in [4.69, 9.17) is 4.74 Å². The molecule has 110 valence electrons. The Labute approximate surface area is 118 Å². The Morgan fingerprint density at radius 2 is 2.20 bits per heavy atom. The summed E-state index contributed by atoms with van der Waals surface area (Å²) in [6, 6.07) is -0.566. The molecule has 1 aromatic heterocycles. The summed E-state index contributed by atoms with van der Waals surface area (Å²) in [4.78, 5) is 33.4. The number of carbonyl (C=O) groups is 2. The number of esters is 1. The normalized spacial score (nSPS) is 18.0. The second-order valence-electron chi connectivity index (χ2n) is 5.05. The highest BCUT2D eigenvalue weighted by Gasteiger charge is 2.38. The van der Waals surface area contributed by atoms with Gasteiger partial charge in [-0.15, -0.1) is 0 Å². The number of H-pyrrole nitrogens is 1. The lowest BCUT2D eigenvalue weighted by atomic mass is 9.96. The second-order valence-corrected chi connectivity index (χ2v) is 5.05. The summed E-state index contributed by atoms with van der Waals surface area (Å²) in [6.07, 6.45) is 3.56. The quantitative estimate of drug-likeness (QED) is 0.842. The Balaban J connectivity index is 2.28. The minimum atomic E-state index is -0.566. The first kappa shape index (κ1) is 14.6. The number of imidazole rings is 1. The summed E-state index contributed by atoms with van der Waals surface area (Å²) in [5, 5.41) is 0. The first-order valence-corrected chi connectivity index (χ1v) is 7.01. The molecular weight excluding hydrogens is 258 g/mol. The van der Waals surface area contributed by atoms with Crippen LogP contribution in [0.25, 0.3) is 0 Å². The van der Waals surface area contributed by atoms with Crippen LogP contribution in [0.15, 0.2) is 6.33 Å². The van der Waals surface area contributed by atoms with Gasteiger partial charge in [-0.05, 0) is 12.8 Å². The van der Waals surface area contributed by atoms with Gasteiger partial charge in [-0.1, -0.05) is 13.8 Å². The number of aromatic amines is 1. The minimum Gasteiger partial charge on any atom is -0.467 e. The molecular formula is C14H21N3O3. The van der Waals surface area contributed by atoms with Crippen molar-refractivity contribution in [3.63, 3.8) is 0 Å². The summed E-state index contributed by atoms with van der Waals surface area (Å²) in [6.45, 7) is 4.38. The van der Waals surface area contributed by atoms with Crippen LogP contribution in [0.3, 0.4) is 0 Å². The summed E-state index contributed by atoms with van der Waals surface area (Å²) in [7, 11) is 1.35. The molecule has 0 aliphatic carbocycles. The lowest BCUT2D eigenvalue weighted by Crippen LogP contribution is -2.51. The van der Waals surface area contributed by atoms with E-state index in [1.165, 1.54) is 7.11 Å². The highest BCUT2D eigenvalue weighted by atomic mass is 16.5. The lowest BCUT2D eigenvalue weighted by Gasteiger charge is -2.35. The molecule has 0 spiro atoms. The summed E-state index contributed by atoms with van der Waals surface area (Å²) in [5.74, 6) is -0.407. The van der Waals surface area contributed by atoms with Crippen molar-refractivity contribution >= 4 is 11.9 Å². The molecule has 1 amide bonds. The number of nitrogens with one attached hydrogen (secondary N) is 1. The maximum absolute atomic E-state index is 12.6. The molecule has 1 N–H and O–H groups in total. The zero-order valence-corrected chi connectivity index (χ0v) is 12.2. The van der Waals surface area contributed by atoms with Gasteiger partial charge in [0.2, 0.25) is 5.91 Å². The number of rotatable bonds is 4. The third kappa shape index (κ3) is 2.55. The highest BCUT2D eigenvalue weighted by Crippen LogP contribution is 2.25. The molecule has 0 saturated heterocycles. The van der Waals surface area contributed by atoms with Crippen LogP contribution in [0.2, 0.25) is 0 Å². The SMILES string of the molecule is CCC(CC)C(=O)N1Cc2[nH]cnc2CC1C(=O)OC. The van der Waals surface area contributed by atoms with Crippen LogP contribution in [0.5, 0.6) is 0 Å². The average molecular weight is 279 g/mol. The number of hydrogen-bond acceptors (Lipinski definition) is 4. The van der Waals surface area contributed by atoms with Gasteiger partial charge < -0.3 is 14.6 Å². The molecule has 1 aliphatic heterocycles. The van der Waals surface area contributed by atoms with Gasteiger partial charge >= 0.3 is 5.97 Å². The molecule has 2 heterocycles. The first-order chi connectivity index (χ1) is 9.62. The molecule has 1 unspecified atom stereocenters. The Kier molecular flexibility index (Phi) is 4.42. The Bertz CT molecular complexity index is 494. The number of nitrogens with zero attached hydrogens (tertiary/aromatic N) is 2. The largest absolute Gasteiger partial charge is 0.467 e. The van der Waals surface area contributed by atoms with Gasteiger partial charge in [0, 0.05) is 12.3 Å². The number of amides is 1. The molecule has 1 aromatic rings. The zero-order valence-electron chi connectivity index (χ0n) is 12.2. The van der Waals surface area contributed by atoms with E-state index in [-0.39, 0.29) is 17.8 Å². The Morgan fingerprint density at radius 3 is 2.80 bits per heavy atom.